The van der Waals surface area contributed by atoms with E-state index in [1.54, 1.807) is 6.07 Å². The number of halogens is 2. The third-order valence-electron chi connectivity index (χ3n) is 2.12. The van der Waals surface area contributed by atoms with Crippen LogP contribution in [-0.4, -0.2) is 10.9 Å². The average Bonchev–Trinajstić information content (AvgIpc) is 2.73. The van der Waals surface area contributed by atoms with Crippen LogP contribution < -0.4 is 5.32 Å². The zero-order valence-corrected chi connectivity index (χ0v) is 13.8. The standard InChI is InChI=1S/C10H8Br2N2OS2/c1-4-5(2)16-10(13-4)14-9(15)7-3-6(11)8(12)17-7/h3H,1-2H3,(H,13,14,15). The van der Waals surface area contributed by atoms with Crippen LogP contribution in [0.1, 0.15) is 20.2 Å². The molecule has 1 N–H and O–H groups in total. The Kier molecular flexibility index (Phi) is 4.02. The van der Waals surface area contributed by atoms with E-state index in [1.807, 2.05) is 13.8 Å². The topological polar surface area (TPSA) is 42.0 Å². The molecule has 0 aliphatic rings. The van der Waals surface area contributed by atoms with Crippen LogP contribution in [0.5, 0.6) is 0 Å². The van der Waals surface area contributed by atoms with Gasteiger partial charge in [-0.25, -0.2) is 4.98 Å². The molecular formula is C10H8Br2N2OS2. The number of nitrogens with zero attached hydrogens (tertiary/aromatic N) is 1. The van der Waals surface area contributed by atoms with Crippen molar-refractivity contribution in [2.45, 2.75) is 13.8 Å². The van der Waals surface area contributed by atoms with Crippen LogP contribution in [0, 0.1) is 13.8 Å². The molecule has 2 aromatic heterocycles. The lowest BCUT2D eigenvalue weighted by Crippen LogP contribution is -2.09. The minimum absolute atomic E-state index is 0.129. The normalized spacial score (nSPS) is 10.6. The summed E-state index contributed by atoms with van der Waals surface area (Å²) in [4.78, 5) is 18.0. The number of rotatable bonds is 2. The highest BCUT2D eigenvalue weighted by atomic mass is 79.9. The number of carbonyl (C=O) groups is 1. The Balaban J connectivity index is 2.16. The summed E-state index contributed by atoms with van der Waals surface area (Å²) in [6.07, 6.45) is 0. The molecule has 2 aromatic rings. The van der Waals surface area contributed by atoms with Crippen LogP contribution in [0.4, 0.5) is 5.13 Å². The van der Waals surface area contributed by atoms with Gasteiger partial charge in [0.1, 0.15) is 0 Å². The van der Waals surface area contributed by atoms with E-state index in [2.05, 4.69) is 42.2 Å². The van der Waals surface area contributed by atoms with Gasteiger partial charge >= 0.3 is 0 Å². The summed E-state index contributed by atoms with van der Waals surface area (Å²) < 4.78 is 1.80. The summed E-state index contributed by atoms with van der Waals surface area (Å²) >= 11 is 9.59. The lowest BCUT2D eigenvalue weighted by Gasteiger charge is -1.97. The molecule has 0 spiro atoms. The molecule has 0 aliphatic carbocycles. The van der Waals surface area contributed by atoms with Crippen molar-refractivity contribution in [3.8, 4) is 0 Å². The molecular weight excluding hydrogens is 388 g/mol. The number of thiophene rings is 1. The van der Waals surface area contributed by atoms with Crippen molar-refractivity contribution in [3.63, 3.8) is 0 Å². The van der Waals surface area contributed by atoms with E-state index < -0.39 is 0 Å². The SMILES string of the molecule is Cc1nc(NC(=O)c2cc(Br)c(Br)s2)sc1C. The van der Waals surface area contributed by atoms with E-state index in [0.29, 0.717) is 10.0 Å². The molecule has 2 heterocycles. The van der Waals surface area contributed by atoms with E-state index in [4.69, 9.17) is 0 Å². The number of aryl methyl sites for hydroxylation is 2. The lowest BCUT2D eigenvalue weighted by atomic mass is 10.4. The lowest BCUT2D eigenvalue weighted by molar-refractivity contribution is 0.103. The first-order valence-electron chi connectivity index (χ1n) is 4.67. The molecule has 0 saturated heterocycles. The van der Waals surface area contributed by atoms with E-state index in [-0.39, 0.29) is 5.91 Å². The van der Waals surface area contributed by atoms with Crippen LogP contribution in [0.2, 0.25) is 0 Å². The molecule has 3 nitrogen and oxygen atoms in total. The van der Waals surface area contributed by atoms with Crippen LogP contribution >= 0.6 is 54.5 Å². The Labute approximate surface area is 124 Å². The highest BCUT2D eigenvalue weighted by molar-refractivity contribution is 9.13. The van der Waals surface area contributed by atoms with Crippen LogP contribution in [0.15, 0.2) is 14.3 Å². The van der Waals surface area contributed by atoms with Gasteiger partial charge in [0.25, 0.3) is 5.91 Å². The Bertz CT molecular complexity index is 538. The minimum atomic E-state index is -0.129. The minimum Gasteiger partial charge on any atom is -0.297 e. The molecule has 1 amide bonds. The summed E-state index contributed by atoms with van der Waals surface area (Å²) in [6.45, 7) is 3.92. The Hall–Kier alpha value is -0.240. The number of thiazole rings is 1. The van der Waals surface area contributed by atoms with Crippen molar-refractivity contribution in [3.05, 3.63) is 29.8 Å². The number of aromatic nitrogens is 1. The summed E-state index contributed by atoms with van der Waals surface area (Å²) in [6, 6.07) is 1.79. The zero-order valence-electron chi connectivity index (χ0n) is 9.01. The molecule has 0 saturated carbocycles. The predicted octanol–water partition coefficient (Wildman–Crippen LogP) is 4.60. The fourth-order valence-electron chi connectivity index (χ4n) is 1.14. The Morgan fingerprint density at radius 3 is 2.53 bits per heavy atom. The molecule has 0 unspecified atom stereocenters. The Morgan fingerprint density at radius 1 is 1.35 bits per heavy atom. The molecule has 7 heteroatoms. The second-order valence-corrected chi connectivity index (χ2v) is 7.77. The van der Waals surface area contributed by atoms with Gasteiger partial charge in [-0.05, 0) is 51.8 Å². The molecule has 0 fully saturated rings. The third kappa shape index (κ3) is 2.96. The van der Waals surface area contributed by atoms with E-state index >= 15 is 0 Å². The second-order valence-electron chi connectivity index (χ2n) is 3.35. The first kappa shape index (κ1) is 13.2. The fourth-order valence-corrected chi connectivity index (χ4v) is 3.88. The summed E-state index contributed by atoms with van der Waals surface area (Å²) in [7, 11) is 0. The third-order valence-corrected chi connectivity index (χ3v) is 6.36. The van der Waals surface area contributed by atoms with Gasteiger partial charge in [0, 0.05) is 9.35 Å². The molecule has 2 rings (SSSR count). The van der Waals surface area contributed by atoms with Gasteiger partial charge in [-0.1, -0.05) is 0 Å². The quantitative estimate of drug-likeness (QED) is 0.807. The van der Waals surface area contributed by atoms with E-state index in [0.717, 1.165) is 18.8 Å². The van der Waals surface area contributed by atoms with Crippen LogP contribution in [0.25, 0.3) is 0 Å². The number of hydrogen-bond acceptors (Lipinski definition) is 4. The van der Waals surface area contributed by atoms with Gasteiger partial charge in [-0.2, -0.15) is 0 Å². The second kappa shape index (κ2) is 5.17. The number of amides is 1. The average molecular weight is 396 g/mol. The van der Waals surface area contributed by atoms with E-state index in [1.165, 1.54) is 22.7 Å². The first-order valence-corrected chi connectivity index (χ1v) is 7.89. The van der Waals surface area contributed by atoms with Crippen LogP contribution in [-0.2, 0) is 0 Å². The Morgan fingerprint density at radius 2 is 2.06 bits per heavy atom. The number of anilines is 1. The predicted molar refractivity (Wildman–Crippen MR) is 79.3 cm³/mol. The molecule has 0 bridgehead atoms. The maximum Gasteiger partial charge on any atom is 0.267 e. The molecule has 0 radical (unpaired) electrons. The largest absolute Gasteiger partial charge is 0.297 e. The molecule has 0 aromatic carbocycles. The van der Waals surface area contributed by atoms with Crippen LogP contribution in [0.3, 0.4) is 0 Å². The fraction of sp³-hybridized carbons (Fsp3) is 0.200. The van der Waals surface area contributed by atoms with Crippen molar-refractivity contribution in [1.29, 1.82) is 0 Å². The number of carbonyl (C=O) groups excluding carboxylic acids is 1. The molecule has 0 atom stereocenters. The number of nitrogens with one attached hydrogen (secondary N) is 1. The monoisotopic (exact) mass is 394 g/mol. The van der Waals surface area contributed by atoms with Crippen molar-refractivity contribution < 1.29 is 4.79 Å². The highest BCUT2D eigenvalue weighted by Crippen LogP contribution is 2.33. The van der Waals surface area contributed by atoms with Gasteiger partial charge in [0.15, 0.2) is 5.13 Å². The van der Waals surface area contributed by atoms with Crippen molar-refractivity contribution >= 4 is 65.6 Å². The van der Waals surface area contributed by atoms with Crippen molar-refractivity contribution in [2.24, 2.45) is 0 Å². The number of hydrogen-bond donors (Lipinski definition) is 1. The summed E-state index contributed by atoms with van der Waals surface area (Å²) in [5.41, 5.74) is 0.957. The van der Waals surface area contributed by atoms with E-state index in [9.17, 15) is 4.79 Å². The van der Waals surface area contributed by atoms with Gasteiger partial charge in [0.05, 0.1) is 14.4 Å². The highest BCUT2D eigenvalue weighted by Gasteiger charge is 2.14. The molecule has 0 aliphatic heterocycles. The van der Waals surface area contributed by atoms with Gasteiger partial charge in [0.2, 0.25) is 0 Å². The van der Waals surface area contributed by atoms with Gasteiger partial charge in [-0.15, -0.1) is 22.7 Å². The first-order chi connectivity index (χ1) is 7.97. The van der Waals surface area contributed by atoms with Gasteiger partial charge in [-0.3, -0.25) is 10.1 Å². The summed E-state index contributed by atoms with van der Waals surface area (Å²) in [5, 5.41) is 3.44. The molecule has 90 valence electrons. The smallest absolute Gasteiger partial charge is 0.267 e. The maximum absolute atomic E-state index is 11.9. The van der Waals surface area contributed by atoms with Gasteiger partial charge < -0.3 is 0 Å². The molecule has 17 heavy (non-hydrogen) atoms. The summed E-state index contributed by atoms with van der Waals surface area (Å²) in [5.74, 6) is -0.129. The van der Waals surface area contributed by atoms with Crippen molar-refractivity contribution in [2.75, 3.05) is 5.32 Å². The van der Waals surface area contributed by atoms with Crippen molar-refractivity contribution in [1.82, 2.24) is 4.98 Å². The zero-order chi connectivity index (χ0) is 12.6. The maximum atomic E-state index is 11.9.